The molecule has 0 aromatic carbocycles. The molecule has 0 saturated carbocycles. The predicted octanol–water partition coefficient (Wildman–Crippen LogP) is 1.48. The molecule has 1 aliphatic heterocycles. The molecule has 1 heterocycles. The molecule has 0 atom stereocenters. The fraction of sp³-hybridized carbons (Fsp3) is 0.600. The summed E-state index contributed by atoms with van der Waals surface area (Å²) in [5.74, 6) is -1.14. The number of hydrogen-bond donors (Lipinski definition) is 2. The molecule has 17 heavy (non-hydrogen) atoms. The number of hydrogen-bond acceptors (Lipinski definition) is 3. The van der Waals surface area contributed by atoms with Gasteiger partial charge in [0.15, 0.2) is 5.60 Å². The van der Waals surface area contributed by atoms with Crippen molar-refractivity contribution < 1.29 is 19.5 Å². The molecule has 0 spiro atoms. The van der Waals surface area contributed by atoms with Crippen LogP contribution in [0.15, 0.2) is 10.6 Å². The molecule has 0 saturated heterocycles. The van der Waals surface area contributed by atoms with Crippen molar-refractivity contribution in [3.05, 3.63) is 10.6 Å². The summed E-state index contributed by atoms with van der Waals surface area (Å²) in [5.41, 5.74) is 0.708. The molecule has 0 radical (unpaired) electrons. The van der Waals surface area contributed by atoms with E-state index in [2.05, 4.69) is 21.4 Å². The van der Waals surface area contributed by atoms with Crippen LogP contribution in [0.25, 0.3) is 0 Å². The first-order chi connectivity index (χ1) is 7.83. The second kappa shape index (κ2) is 5.50. The van der Waals surface area contributed by atoms with Crippen molar-refractivity contribution >= 4 is 27.9 Å². The highest BCUT2D eigenvalue weighted by molar-refractivity contribution is 9.11. The van der Waals surface area contributed by atoms with Gasteiger partial charge in [-0.2, -0.15) is 0 Å². The van der Waals surface area contributed by atoms with Gasteiger partial charge in [-0.25, -0.2) is 15.1 Å². The smallest absolute Gasteiger partial charge is 0.341 e. The van der Waals surface area contributed by atoms with Crippen LogP contribution in [0.3, 0.4) is 0 Å². The zero-order valence-electron chi connectivity index (χ0n) is 9.70. The van der Waals surface area contributed by atoms with Crippen molar-refractivity contribution in [1.82, 2.24) is 10.4 Å². The second-order valence-corrected chi connectivity index (χ2v) is 5.19. The van der Waals surface area contributed by atoms with Gasteiger partial charge in [0.05, 0.1) is 0 Å². The summed E-state index contributed by atoms with van der Waals surface area (Å²) >= 11 is 3.35. The third-order valence-electron chi connectivity index (χ3n) is 2.35. The van der Waals surface area contributed by atoms with Crippen molar-refractivity contribution in [3.63, 3.8) is 0 Å². The maximum Gasteiger partial charge on any atom is 0.341 e. The first-order valence-corrected chi connectivity index (χ1v) is 5.93. The number of hydroxylamine groups is 1. The lowest BCUT2D eigenvalue weighted by Gasteiger charge is -2.27. The molecule has 2 N–H and O–H groups in total. The molecule has 7 heteroatoms. The Kier molecular flexibility index (Phi) is 4.53. The van der Waals surface area contributed by atoms with Crippen LogP contribution in [-0.4, -0.2) is 40.7 Å². The number of carboxylic acid groups (broad SMARTS) is 1. The van der Waals surface area contributed by atoms with Gasteiger partial charge in [0.1, 0.15) is 0 Å². The van der Waals surface area contributed by atoms with Crippen LogP contribution >= 0.6 is 15.9 Å². The van der Waals surface area contributed by atoms with Gasteiger partial charge in [0.25, 0.3) is 0 Å². The molecule has 6 nitrogen and oxygen atoms in total. The first-order valence-electron chi connectivity index (χ1n) is 5.14. The highest BCUT2D eigenvalue weighted by Gasteiger charge is 2.30. The highest BCUT2D eigenvalue weighted by Crippen LogP contribution is 2.16. The fourth-order valence-corrected chi connectivity index (χ4v) is 1.43. The number of carboxylic acids is 1. The summed E-state index contributed by atoms with van der Waals surface area (Å²) in [4.78, 5) is 28.8. The lowest BCUT2D eigenvalue weighted by atomic mass is 10.1. The van der Waals surface area contributed by atoms with Crippen LogP contribution in [0.4, 0.5) is 4.79 Å². The Bertz CT molecular complexity index is 354. The summed E-state index contributed by atoms with van der Waals surface area (Å²) in [6.45, 7) is 3.77. The van der Waals surface area contributed by atoms with Gasteiger partial charge >= 0.3 is 12.0 Å². The first kappa shape index (κ1) is 14.0. The third kappa shape index (κ3) is 4.01. The number of carbonyl (C=O) groups is 2. The lowest BCUT2D eigenvalue weighted by Crippen LogP contribution is -2.47. The van der Waals surface area contributed by atoms with E-state index in [0.29, 0.717) is 13.1 Å². The average Bonchev–Trinajstić information content (AvgIpc) is 2.27. The molecule has 0 aromatic heterocycles. The Hall–Kier alpha value is -1.08. The summed E-state index contributed by atoms with van der Waals surface area (Å²) in [5, 5.41) is 8.79. The van der Waals surface area contributed by atoms with E-state index in [-0.39, 0.29) is 0 Å². The van der Waals surface area contributed by atoms with E-state index in [4.69, 9.17) is 9.94 Å². The van der Waals surface area contributed by atoms with Crippen LogP contribution in [0.1, 0.15) is 20.3 Å². The van der Waals surface area contributed by atoms with E-state index in [0.717, 1.165) is 10.9 Å². The monoisotopic (exact) mass is 306 g/mol. The summed E-state index contributed by atoms with van der Waals surface area (Å²) in [6, 6.07) is -0.435. The summed E-state index contributed by atoms with van der Waals surface area (Å²) in [6.07, 6.45) is 2.63. The van der Waals surface area contributed by atoms with Crippen molar-refractivity contribution in [3.8, 4) is 0 Å². The number of amides is 2. The Morgan fingerprint density at radius 2 is 2.24 bits per heavy atom. The number of nitrogens with zero attached hydrogens (tertiary/aromatic N) is 1. The van der Waals surface area contributed by atoms with E-state index >= 15 is 0 Å². The molecule has 0 aromatic rings. The normalized spacial score (nSPS) is 16.4. The van der Waals surface area contributed by atoms with E-state index < -0.39 is 17.6 Å². The van der Waals surface area contributed by atoms with Crippen LogP contribution < -0.4 is 5.48 Å². The maximum atomic E-state index is 11.6. The minimum Gasteiger partial charge on any atom is -0.479 e. The van der Waals surface area contributed by atoms with Crippen molar-refractivity contribution in [2.75, 3.05) is 13.1 Å². The molecule has 0 fully saturated rings. The number of rotatable bonds is 3. The molecular weight excluding hydrogens is 292 g/mol. The van der Waals surface area contributed by atoms with Crippen molar-refractivity contribution in [2.45, 2.75) is 25.9 Å². The third-order valence-corrected chi connectivity index (χ3v) is 3.07. The van der Waals surface area contributed by atoms with E-state index in [1.807, 2.05) is 6.08 Å². The molecule has 1 rings (SSSR count). The maximum absolute atomic E-state index is 11.6. The van der Waals surface area contributed by atoms with Crippen LogP contribution in [-0.2, 0) is 9.63 Å². The molecular formula is C10H15BrN2O4. The predicted molar refractivity (Wildman–Crippen MR) is 64.5 cm³/mol. The van der Waals surface area contributed by atoms with E-state index in [1.165, 1.54) is 18.7 Å². The number of carbonyl (C=O) groups excluding carboxylic acids is 1. The Morgan fingerprint density at radius 3 is 2.71 bits per heavy atom. The minimum absolute atomic E-state index is 0.435. The zero-order valence-corrected chi connectivity index (χ0v) is 11.3. The Morgan fingerprint density at radius 1 is 1.59 bits per heavy atom. The number of aliphatic carboxylic acids is 1. The van der Waals surface area contributed by atoms with Gasteiger partial charge in [0.2, 0.25) is 0 Å². The Labute approximate surface area is 108 Å². The van der Waals surface area contributed by atoms with Crippen LogP contribution in [0.5, 0.6) is 0 Å². The van der Waals surface area contributed by atoms with Gasteiger partial charge < -0.3 is 10.0 Å². The van der Waals surface area contributed by atoms with Crippen LogP contribution in [0, 0.1) is 0 Å². The average molecular weight is 307 g/mol. The number of nitrogens with one attached hydrogen (secondary N) is 1. The Balaban J connectivity index is 2.43. The van der Waals surface area contributed by atoms with Gasteiger partial charge in [-0.15, -0.1) is 0 Å². The number of halogens is 1. The quantitative estimate of drug-likeness (QED) is 0.774. The van der Waals surface area contributed by atoms with Crippen molar-refractivity contribution in [1.29, 1.82) is 0 Å². The second-order valence-electron chi connectivity index (χ2n) is 4.17. The molecule has 96 valence electrons. The van der Waals surface area contributed by atoms with Gasteiger partial charge in [0, 0.05) is 13.1 Å². The highest BCUT2D eigenvalue weighted by atomic mass is 79.9. The van der Waals surface area contributed by atoms with Gasteiger partial charge in [-0.3, -0.25) is 4.84 Å². The molecule has 2 amide bonds. The number of urea groups is 1. The summed E-state index contributed by atoms with van der Waals surface area (Å²) < 4.78 is 1.06. The largest absolute Gasteiger partial charge is 0.479 e. The minimum atomic E-state index is -1.44. The van der Waals surface area contributed by atoms with Crippen molar-refractivity contribution in [2.24, 2.45) is 0 Å². The summed E-state index contributed by atoms with van der Waals surface area (Å²) in [7, 11) is 0. The fourth-order valence-electron chi connectivity index (χ4n) is 1.11. The van der Waals surface area contributed by atoms with Gasteiger partial charge in [-0.1, -0.05) is 22.0 Å². The van der Waals surface area contributed by atoms with Crippen LogP contribution in [0.2, 0.25) is 0 Å². The lowest BCUT2D eigenvalue weighted by molar-refractivity contribution is -0.167. The topological polar surface area (TPSA) is 78.9 Å². The SMILES string of the molecule is CC(C)(ONC(=O)N1CC=C(Br)CC1)C(=O)O. The molecule has 0 aliphatic carbocycles. The van der Waals surface area contributed by atoms with Gasteiger partial charge in [-0.05, 0) is 24.8 Å². The van der Waals surface area contributed by atoms with E-state index in [9.17, 15) is 9.59 Å². The molecule has 0 bridgehead atoms. The molecule has 0 unspecified atom stereocenters. The standard InChI is InChI=1S/C10H15BrN2O4/c1-10(2,8(14)15)17-12-9(16)13-5-3-7(11)4-6-13/h3H,4-6H2,1-2H3,(H,12,16)(H,14,15). The molecule has 1 aliphatic rings. The van der Waals surface area contributed by atoms with E-state index in [1.54, 1.807) is 0 Å². The zero-order chi connectivity index (χ0) is 13.1.